The van der Waals surface area contributed by atoms with Crippen LogP contribution in [0.5, 0.6) is 5.75 Å². The van der Waals surface area contributed by atoms with Crippen LogP contribution in [0.2, 0.25) is 10.0 Å². The molecular formula is C20H16Cl2N4O3. The first-order valence-corrected chi connectivity index (χ1v) is 9.49. The number of carbonyl (C=O) groups excluding carboxylic acids is 2. The Bertz CT molecular complexity index is 1100. The molecule has 1 aliphatic heterocycles. The molecule has 2 aromatic carbocycles. The smallest absolute Gasteiger partial charge is 0.249 e. The van der Waals surface area contributed by atoms with Gasteiger partial charge in [-0.25, -0.2) is 4.68 Å². The molecule has 0 aliphatic carbocycles. The Labute approximate surface area is 176 Å². The predicted molar refractivity (Wildman–Crippen MR) is 112 cm³/mol. The summed E-state index contributed by atoms with van der Waals surface area (Å²) in [6, 6.07) is 11.3. The maximum absolute atomic E-state index is 12.9. The molecule has 1 aromatic heterocycles. The zero-order chi connectivity index (χ0) is 20.5. The number of hydrogen-bond donors (Lipinski definition) is 2. The third kappa shape index (κ3) is 3.79. The summed E-state index contributed by atoms with van der Waals surface area (Å²) in [4.78, 5) is 25.2. The van der Waals surface area contributed by atoms with E-state index in [1.807, 2.05) is 12.1 Å². The fourth-order valence-corrected chi connectivity index (χ4v) is 3.57. The number of amides is 2. The van der Waals surface area contributed by atoms with E-state index >= 15 is 0 Å². The summed E-state index contributed by atoms with van der Waals surface area (Å²) in [6.07, 6.45) is 1.60. The van der Waals surface area contributed by atoms with Crippen LogP contribution in [0.4, 0.5) is 11.5 Å². The number of aromatic nitrogens is 2. The Morgan fingerprint density at radius 2 is 2.00 bits per heavy atom. The Morgan fingerprint density at radius 3 is 2.69 bits per heavy atom. The summed E-state index contributed by atoms with van der Waals surface area (Å²) in [6.45, 7) is 0. The molecule has 0 bridgehead atoms. The summed E-state index contributed by atoms with van der Waals surface area (Å²) < 4.78 is 6.63. The van der Waals surface area contributed by atoms with Gasteiger partial charge in [-0.3, -0.25) is 9.59 Å². The highest BCUT2D eigenvalue weighted by Gasteiger charge is 2.33. The van der Waals surface area contributed by atoms with Crippen molar-refractivity contribution < 1.29 is 14.3 Å². The number of carbonyl (C=O) groups is 2. The second-order valence-electron chi connectivity index (χ2n) is 6.46. The molecule has 2 amide bonds. The molecule has 0 saturated carbocycles. The zero-order valence-electron chi connectivity index (χ0n) is 15.3. The van der Waals surface area contributed by atoms with E-state index < -0.39 is 6.04 Å². The monoisotopic (exact) mass is 430 g/mol. The number of benzene rings is 2. The number of hydrogen-bond acceptors (Lipinski definition) is 4. The Kier molecular flexibility index (Phi) is 5.17. The molecule has 0 radical (unpaired) electrons. The van der Waals surface area contributed by atoms with Crippen molar-refractivity contribution >= 4 is 46.5 Å². The van der Waals surface area contributed by atoms with Crippen LogP contribution in [0.3, 0.4) is 0 Å². The van der Waals surface area contributed by atoms with E-state index in [9.17, 15) is 9.59 Å². The van der Waals surface area contributed by atoms with E-state index in [-0.39, 0.29) is 18.2 Å². The van der Waals surface area contributed by atoms with Gasteiger partial charge in [-0.15, -0.1) is 0 Å². The fourth-order valence-electron chi connectivity index (χ4n) is 3.18. The average molecular weight is 431 g/mol. The summed E-state index contributed by atoms with van der Waals surface area (Å²) >= 11 is 12.1. The van der Waals surface area contributed by atoms with Crippen LogP contribution in [0, 0.1) is 0 Å². The van der Waals surface area contributed by atoms with Crippen molar-refractivity contribution in [3.05, 3.63) is 58.7 Å². The highest BCUT2D eigenvalue weighted by Crippen LogP contribution is 2.35. The zero-order valence-corrected chi connectivity index (χ0v) is 16.8. The molecule has 2 heterocycles. The molecule has 7 nitrogen and oxygen atoms in total. The van der Waals surface area contributed by atoms with Gasteiger partial charge in [0.05, 0.1) is 24.8 Å². The standard InChI is InChI=1S/C20H16Cl2N4O3/c1-29-17-7-6-13(8-15(17)22)24-20(28)16-9-18(27)25-19-14(10-23-26(16)19)11-2-4-12(21)5-3-11/h2-8,10,16H,9H2,1H3,(H,24,28)(H,25,27)/t16-/m1/s1. The Morgan fingerprint density at radius 1 is 1.24 bits per heavy atom. The average Bonchev–Trinajstić information content (AvgIpc) is 3.11. The van der Waals surface area contributed by atoms with E-state index in [0.717, 1.165) is 5.56 Å². The molecule has 0 unspecified atom stereocenters. The molecule has 1 aliphatic rings. The summed E-state index contributed by atoms with van der Waals surface area (Å²) in [5.41, 5.74) is 2.04. The van der Waals surface area contributed by atoms with Crippen molar-refractivity contribution in [3.63, 3.8) is 0 Å². The quantitative estimate of drug-likeness (QED) is 0.642. The number of nitrogens with one attached hydrogen (secondary N) is 2. The third-order valence-electron chi connectivity index (χ3n) is 4.60. The number of rotatable bonds is 4. The molecule has 4 rings (SSSR count). The van der Waals surface area contributed by atoms with Crippen LogP contribution in [0.15, 0.2) is 48.7 Å². The van der Waals surface area contributed by atoms with E-state index in [0.29, 0.717) is 32.9 Å². The van der Waals surface area contributed by atoms with Crippen LogP contribution in [0.1, 0.15) is 12.5 Å². The van der Waals surface area contributed by atoms with Crippen molar-refractivity contribution in [3.8, 4) is 16.9 Å². The van der Waals surface area contributed by atoms with Gasteiger partial charge in [0.25, 0.3) is 0 Å². The van der Waals surface area contributed by atoms with Gasteiger partial charge in [0, 0.05) is 16.3 Å². The van der Waals surface area contributed by atoms with Crippen LogP contribution in [-0.4, -0.2) is 28.7 Å². The van der Waals surface area contributed by atoms with Crippen molar-refractivity contribution in [1.82, 2.24) is 9.78 Å². The largest absolute Gasteiger partial charge is 0.495 e. The predicted octanol–water partition coefficient (Wildman–Crippen LogP) is 4.39. The van der Waals surface area contributed by atoms with Gasteiger partial charge >= 0.3 is 0 Å². The number of nitrogens with zero attached hydrogens (tertiary/aromatic N) is 2. The highest BCUT2D eigenvalue weighted by atomic mass is 35.5. The lowest BCUT2D eigenvalue weighted by molar-refractivity contribution is -0.125. The summed E-state index contributed by atoms with van der Waals surface area (Å²) in [5.74, 6) is 0.342. The van der Waals surface area contributed by atoms with E-state index in [1.54, 1.807) is 36.5 Å². The Balaban J connectivity index is 1.63. The SMILES string of the molecule is COc1ccc(NC(=O)[C@H]2CC(=O)Nc3c(-c4ccc(Cl)cc4)cnn32)cc1Cl. The molecule has 9 heteroatoms. The number of fused-ring (bicyclic) bond motifs is 1. The maximum Gasteiger partial charge on any atom is 0.249 e. The van der Waals surface area contributed by atoms with Gasteiger partial charge in [0.1, 0.15) is 17.6 Å². The lowest BCUT2D eigenvalue weighted by Gasteiger charge is -2.24. The van der Waals surface area contributed by atoms with Gasteiger partial charge in [-0.2, -0.15) is 5.10 Å². The fraction of sp³-hybridized carbons (Fsp3) is 0.150. The van der Waals surface area contributed by atoms with Gasteiger partial charge in [-0.05, 0) is 35.9 Å². The van der Waals surface area contributed by atoms with Crippen LogP contribution >= 0.6 is 23.2 Å². The lowest BCUT2D eigenvalue weighted by Crippen LogP contribution is -2.35. The van der Waals surface area contributed by atoms with Crippen molar-refractivity contribution in [2.75, 3.05) is 17.7 Å². The van der Waals surface area contributed by atoms with Gasteiger partial charge in [-0.1, -0.05) is 35.3 Å². The van der Waals surface area contributed by atoms with Gasteiger partial charge < -0.3 is 15.4 Å². The first-order chi connectivity index (χ1) is 14.0. The topological polar surface area (TPSA) is 85.2 Å². The number of anilines is 2. The maximum atomic E-state index is 12.9. The van der Waals surface area contributed by atoms with E-state index in [1.165, 1.54) is 11.8 Å². The minimum atomic E-state index is -0.791. The normalized spacial score (nSPS) is 15.4. The van der Waals surface area contributed by atoms with Crippen LogP contribution in [0.25, 0.3) is 11.1 Å². The molecule has 29 heavy (non-hydrogen) atoms. The number of ether oxygens (including phenoxy) is 1. The molecule has 0 spiro atoms. The third-order valence-corrected chi connectivity index (χ3v) is 5.15. The first-order valence-electron chi connectivity index (χ1n) is 8.74. The molecular weight excluding hydrogens is 415 g/mol. The second kappa shape index (κ2) is 7.77. The van der Waals surface area contributed by atoms with E-state index in [2.05, 4.69) is 15.7 Å². The molecule has 0 saturated heterocycles. The minimum Gasteiger partial charge on any atom is -0.495 e. The van der Waals surface area contributed by atoms with Crippen molar-refractivity contribution in [2.24, 2.45) is 0 Å². The Hall–Kier alpha value is -3.03. The molecule has 0 fully saturated rings. The molecule has 1 atom stereocenters. The molecule has 3 aromatic rings. The molecule has 2 N–H and O–H groups in total. The summed E-state index contributed by atoms with van der Waals surface area (Å²) in [7, 11) is 1.51. The van der Waals surface area contributed by atoms with Crippen molar-refractivity contribution in [2.45, 2.75) is 12.5 Å². The van der Waals surface area contributed by atoms with Gasteiger partial charge in [0.2, 0.25) is 11.8 Å². The molecule has 148 valence electrons. The van der Waals surface area contributed by atoms with Gasteiger partial charge in [0.15, 0.2) is 0 Å². The van der Waals surface area contributed by atoms with Crippen molar-refractivity contribution in [1.29, 1.82) is 0 Å². The first kappa shape index (κ1) is 19.3. The second-order valence-corrected chi connectivity index (χ2v) is 7.31. The number of methoxy groups -OCH3 is 1. The minimum absolute atomic E-state index is 0.0234. The summed E-state index contributed by atoms with van der Waals surface area (Å²) in [5, 5.41) is 10.9. The lowest BCUT2D eigenvalue weighted by atomic mass is 10.1. The van der Waals surface area contributed by atoms with E-state index in [4.69, 9.17) is 27.9 Å². The van der Waals surface area contributed by atoms with Crippen LogP contribution < -0.4 is 15.4 Å². The highest BCUT2D eigenvalue weighted by molar-refractivity contribution is 6.32. The number of halogens is 2. The van der Waals surface area contributed by atoms with Crippen LogP contribution in [-0.2, 0) is 9.59 Å².